The van der Waals surface area contributed by atoms with Gasteiger partial charge < -0.3 is 61.6 Å². The molecule has 0 atom stereocenters. The van der Waals surface area contributed by atoms with E-state index in [4.69, 9.17) is 149 Å². The smallest absolute Gasteiger partial charge is 0.367 e. The Balaban J connectivity index is 0.000000756. The van der Waals surface area contributed by atoms with Crippen molar-refractivity contribution in [3.8, 4) is 0 Å². The predicted molar refractivity (Wildman–Crippen MR) is 409 cm³/mol. The fourth-order valence-electron chi connectivity index (χ4n) is 11.2. The number of hydrogen-bond acceptors (Lipinski definition) is 28. The fraction of sp³-hybridized carbons (Fsp3) is 0.459. The molecular weight excluding hydrogens is 1550 g/mol. The lowest BCUT2D eigenvalue weighted by molar-refractivity contribution is -0.153. The summed E-state index contributed by atoms with van der Waals surface area (Å²) >= 11 is 0. The molecule has 4 rings (SSSR count). The van der Waals surface area contributed by atoms with Crippen LogP contribution in [0.5, 0.6) is 0 Å². The summed E-state index contributed by atoms with van der Waals surface area (Å²) < 4.78 is 186. The second kappa shape index (κ2) is 47.6. The molecule has 4 aromatic rings. The van der Waals surface area contributed by atoms with E-state index in [0.29, 0.717) is 33.4 Å². The van der Waals surface area contributed by atoms with Crippen molar-refractivity contribution >= 4 is 220 Å². The molecule has 113 heavy (non-hydrogen) atoms. The van der Waals surface area contributed by atoms with Crippen molar-refractivity contribution in [1.29, 1.82) is 0 Å². The van der Waals surface area contributed by atoms with Gasteiger partial charge in [0.25, 0.3) is 0 Å². The minimum Gasteiger partial charge on any atom is -0.748 e. The van der Waals surface area contributed by atoms with Gasteiger partial charge in [0.05, 0.1) is 231 Å². The zero-order chi connectivity index (χ0) is 87.2. The number of methoxy groups -OCH3 is 1. The van der Waals surface area contributed by atoms with Crippen molar-refractivity contribution < 1.29 is 147 Å². The van der Waals surface area contributed by atoms with E-state index in [9.17, 15) is 114 Å². The molecule has 32 radical (unpaired) electrons. The largest absolute Gasteiger partial charge is 0.748 e. The van der Waals surface area contributed by atoms with Crippen molar-refractivity contribution in [3.05, 3.63) is 134 Å². The number of hydrogen-bond donors (Lipinski definition) is 2. The molecule has 0 aromatic heterocycles. The Morgan fingerprint density at radius 3 is 0.699 bits per heavy atom. The lowest BCUT2D eigenvalue weighted by Crippen LogP contribution is -2.35. The predicted octanol–water partition coefficient (Wildman–Crippen LogP) is -4.25. The number of ether oxygens (including phenoxy) is 7. The highest BCUT2D eigenvalue weighted by Gasteiger charge is 2.40. The molecule has 2 N–H and O–H groups in total. The quantitative estimate of drug-likeness (QED) is 0.0185. The number of benzene rings is 4. The molecule has 0 fully saturated rings. The normalized spacial score (nSPS) is 11.4. The molecule has 0 bridgehead atoms. The molecule has 0 saturated carbocycles. The highest BCUT2D eigenvalue weighted by atomic mass is 32.2. The van der Waals surface area contributed by atoms with Gasteiger partial charge in [-0.25, -0.2) is 76.8 Å². The van der Waals surface area contributed by atoms with Crippen molar-refractivity contribution in [3.63, 3.8) is 0 Å². The second-order valence-electron chi connectivity index (χ2n) is 22.3. The van der Waals surface area contributed by atoms with Crippen LogP contribution in [0, 0.1) is 0 Å². The fourth-order valence-corrected chi connectivity index (χ4v) is 12.2. The Hall–Kier alpha value is -7.35. The van der Waals surface area contributed by atoms with Gasteiger partial charge in [-0.05, 0) is 51.4 Å². The zero-order valence-electron chi connectivity index (χ0n) is 60.6. The zero-order valence-corrected chi connectivity index (χ0v) is 63.9. The number of aromatic carboxylic acids is 2. The SMILES string of the molecule is [B]Cc1c(C[B])c(C[B])c(C(=O)OCC(=O)OCC(F)(F)S(=O)(=O)[O-])c(C(=O)O)c1C[B].[B]Cc1c(C[B])c(C[B])c(C(=O)OCCS(=O)(=O)[O-])c(C(=O)O)c1C[B].[B]Cc1c(C[B])c(C[B])c(C(=O)OCCS(=O)(=O)[O-])c(C(=O)OC)c1C[B].[B]Cc1c(C[B])c(C[B])c(C(=O)OCCS(=O)(=O)[O-])c(C(=O)OCC)c1C[B]. The van der Waals surface area contributed by atoms with Gasteiger partial charge in [-0.15, -0.1) is 0 Å². The Bertz CT molecular complexity index is 4640. The monoisotopic (exact) mass is 1610 g/mol. The van der Waals surface area contributed by atoms with Crippen molar-refractivity contribution in [2.45, 2.75) is 113 Å². The van der Waals surface area contributed by atoms with Gasteiger partial charge in [0.1, 0.15) is 19.8 Å². The van der Waals surface area contributed by atoms with Crippen LogP contribution in [0.25, 0.3) is 0 Å². The maximum absolute atomic E-state index is 13.0. The van der Waals surface area contributed by atoms with Crippen LogP contribution in [0.1, 0.15) is 179 Å². The van der Waals surface area contributed by atoms with Crippen LogP contribution < -0.4 is 0 Å². The standard InChI is InChI=1S/C16H14B4F2O9S.C16H18B4O7S.C15H16B4O7S.C14H14B4O7S/c17-1-7-8(2-18)10(4-20)13(12(14(24)25)9(7)3-19)15(26)30-5-11(23)31-6-16(21,22)32(27,28)29;1-2-26-15(21)13-11(7-19)9(5-17)10(6-18)12(8-20)14(13)16(22)27-3-4-28(23,24)25;1-25-14(20)12-10(6-18)8(4-16)9(5-17)11(7-19)13(12)15(21)26-2-3-27(22,23)24;15-3-7-8(4-16)10(6-18)12(11(13(19)20)9(7)5-17)14(21)25-1-2-26(22,23)24/h1-6H2,(H,24,25)(H,27,28,29);2-8H2,1H3,(H,23,24,25);2-7H2,1H3,(H,22,23,24);1-6H2,(H,19,20)(H,22,23,24)/p-4. The first kappa shape index (κ1) is 104. The van der Waals surface area contributed by atoms with Crippen LogP contribution in [0.2, 0.25) is 0 Å². The van der Waals surface area contributed by atoms with Crippen LogP contribution in [-0.4, -0.2) is 311 Å². The molecule has 0 amide bonds. The third-order valence-corrected chi connectivity index (χ3v) is 18.8. The lowest BCUT2D eigenvalue weighted by atomic mass is 9.72. The number of halogens is 2. The van der Waals surface area contributed by atoms with E-state index in [0.717, 1.165) is 7.11 Å². The molecule has 4 aromatic carbocycles. The van der Waals surface area contributed by atoms with Gasteiger partial charge in [0, 0.05) is 0 Å². The first-order valence-electron chi connectivity index (χ1n) is 32.4. The van der Waals surface area contributed by atoms with Crippen molar-refractivity contribution in [2.75, 3.05) is 64.0 Å². The molecular formula is C61H58B16F2O30S4-4. The summed E-state index contributed by atoms with van der Waals surface area (Å²) in [5.41, 5.74) is 1.50. The Morgan fingerprint density at radius 1 is 0.319 bits per heavy atom. The van der Waals surface area contributed by atoms with Gasteiger partial charge in [-0.2, -0.15) is 8.78 Å². The molecule has 0 spiro atoms. The van der Waals surface area contributed by atoms with Crippen molar-refractivity contribution in [1.82, 2.24) is 0 Å². The van der Waals surface area contributed by atoms with E-state index in [1.807, 2.05) is 0 Å². The number of rotatable bonds is 39. The molecule has 0 aliphatic heterocycles. The number of carboxylic acid groups (broad SMARTS) is 2. The number of carbonyl (C=O) groups excluding carboxylic acids is 7. The van der Waals surface area contributed by atoms with E-state index >= 15 is 0 Å². The maximum atomic E-state index is 13.0. The van der Waals surface area contributed by atoms with Crippen LogP contribution >= 0.6 is 0 Å². The summed E-state index contributed by atoms with van der Waals surface area (Å²) in [6.45, 7) is -3.92. The van der Waals surface area contributed by atoms with Gasteiger partial charge in [0.15, 0.2) is 23.3 Å². The average molecular weight is 1610 g/mol. The molecule has 0 unspecified atom stereocenters. The Morgan fingerprint density at radius 2 is 0.513 bits per heavy atom. The number of alkyl halides is 2. The third kappa shape index (κ3) is 27.9. The summed E-state index contributed by atoms with van der Waals surface area (Å²) in [5, 5.41) is 14.3. The molecule has 0 saturated heterocycles. The van der Waals surface area contributed by atoms with E-state index in [2.05, 4.69) is 9.47 Å². The molecule has 0 aliphatic rings. The lowest BCUT2D eigenvalue weighted by Gasteiger charge is -2.24. The van der Waals surface area contributed by atoms with Crippen LogP contribution in [0.15, 0.2) is 0 Å². The average Bonchev–Trinajstić information content (AvgIpc) is 0.776. The number of carboxylic acids is 2. The molecule has 52 heteroatoms. The summed E-state index contributed by atoms with van der Waals surface area (Å²) in [6, 6.07) is 0. The Labute approximate surface area is 673 Å². The molecule has 572 valence electrons. The first-order valence-corrected chi connectivity index (χ1v) is 38.5. The third-order valence-electron chi connectivity index (χ3n) is 16.0. The van der Waals surface area contributed by atoms with E-state index in [-0.39, 0.29) is 191 Å². The van der Waals surface area contributed by atoms with Crippen LogP contribution in [-0.2, 0) is 180 Å². The maximum Gasteiger partial charge on any atom is 0.367 e. The number of esters is 7. The van der Waals surface area contributed by atoms with Gasteiger partial charge in [-0.1, -0.05) is 146 Å². The topological polar surface area (TPSA) is 488 Å². The van der Waals surface area contributed by atoms with Crippen molar-refractivity contribution in [2.24, 2.45) is 0 Å². The summed E-state index contributed by atoms with van der Waals surface area (Å²) in [6.07, 6.45) is -2.50. The Kier molecular flexibility index (Phi) is 43.7. The second-order valence-corrected chi connectivity index (χ2v) is 28.3. The molecule has 30 nitrogen and oxygen atoms in total. The van der Waals surface area contributed by atoms with E-state index in [1.54, 1.807) is 6.92 Å². The molecule has 0 heterocycles. The summed E-state index contributed by atoms with van der Waals surface area (Å²) in [4.78, 5) is 110. The summed E-state index contributed by atoms with van der Waals surface area (Å²) in [5.74, 6) is -13.8. The van der Waals surface area contributed by atoms with Crippen LogP contribution in [0.3, 0.4) is 0 Å². The highest BCUT2D eigenvalue weighted by Crippen LogP contribution is 2.36. The number of carbonyl (C=O) groups is 9. The highest BCUT2D eigenvalue weighted by molar-refractivity contribution is 7.87. The van der Waals surface area contributed by atoms with E-state index in [1.165, 1.54) is 0 Å². The summed E-state index contributed by atoms with van der Waals surface area (Å²) in [7, 11) is 72.8. The minimum atomic E-state index is -6.10. The van der Waals surface area contributed by atoms with Gasteiger partial charge >= 0.3 is 59.0 Å². The van der Waals surface area contributed by atoms with Gasteiger partial charge in [-0.3, -0.25) is 0 Å². The molecule has 0 aliphatic carbocycles. The van der Waals surface area contributed by atoms with E-state index < -0.39 is 166 Å². The first-order chi connectivity index (χ1) is 52.7. The van der Waals surface area contributed by atoms with Crippen LogP contribution in [0.4, 0.5) is 8.78 Å². The minimum absolute atomic E-state index is 0.0117. The van der Waals surface area contributed by atoms with Gasteiger partial charge in [0.2, 0.25) is 0 Å².